The molecule has 1 aliphatic heterocycles. The van der Waals surface area contributed by atoms with Crippen LogP contribution in [0.5, 0.6) is 0 Å². The summed E-state index contributed by atoms with van der Waals surface area (Å²) in [5.41, 5.74) is 3.84. The van der Waals surface area contributed by atoms with E-state index < -0.39 is 0 Å². The molecule has 2 heterocycles. The molecule has 30 heavy (non-hydrogen) atoms. The van der Waals surface area contributed by atoms with Crippen LogP contribution in [-0.2, 0) is 11.2 Å². The molecule has 0 atom stereocenters. The number of H-pyrrole nitrogens is 1. The number of hydrogen-bond acceptors (Lipinski definition) is 4. The Morgan fingerprint density at radius 2 is 1.77 bits per heavy atom. The average Bonchev–Trinajstić information content (AvgIpc) is 3.19. The first-order valence-electron chi connectivity index (χ1n) is 10.4. The van der Waals surface area contributed by atoms with Crippen LogP contribution in [0.25, 0.3) is 10.9 Å². The Kier molecular flexibility index (Phi) is 6.09. The highest BCUT2D eigenvalue weighted by Crippen LogP contribution is 2.17. The van der Waals surface area contributed by atoms with E-state index in [1.807, 2.05) is 41.3 Å². The van der Waals surface area contributed by atoms with Gasteiger partial charge in [0.15, 0.2) is 5.69 Å². The third-order valence-electron chi connectivity index (χ3n) is 5.68. The predicted molar refractivity (Wildman–Crippen MR) is 116 cm³/mol. The van der Waals surface area contributed by atoms with E-state index in [9.17, 15) is 9.59 Å². The molecule has 2 aromatic carbocycles. The van der Waals surface area contributed by atoms with Gasteiger partial charge in [-0.15, -0.1) is 0 Å². The van der Waals surface area contributed by atoms with Crippen molar-refractivity contribution in [3.05, 3.63) is 65.4 Å². The highest BCUT2D eigenvalue weighted by Gasteiger charge is 2.25. The van der Waals surface area contributed by atoms with Crippen LogP contribution in [0.2, 0.25) is 0 Å². The van der Waals surface area contributed by atoms with Crippen LogP contribution < -0.4 is 5.32 Å². The van der Waals surface area contributed by atoms with Gasteiger partial charge in [0.1, 0.15) is 0 Å². The number of para-hydroxylation sites is 1. The van der Waals surface area contributed by atoms with E-state index in [-0.39, 0.29) is 11.8 Å². The van der Waals surface area contributed by atoms with Crippen LogP contribution in [0.4, 0.5) is 0 Å². The minimum atomic E-state index is -0.0604. The topological polar surface area (TPSA) is 81.3 Å². The van der Waals surface area contributed by atoms with Crippen molar-refractivity contribution in [2.24, 2.45) is 0 Å². The van der Waals surface area contributed by atoms with Crippen molar-refractivity contribution in [1.82, 2.24) is 25.3 Å². The van der Waals surface area contributed by atoms with Gasteiger partial charge in [-0.25, -0.2) is 0 Å². The van der Waals surface area contributed by atoms with Crippen LogP contribution in [-0.4, -0.2) is 71.1 Å². The molecular formula is C23H27N5O2. The van der Waals surface area contributed by atoms with Gasteiger partial charge in [-0.05, 0) is 30.5 Å². The van der Waals surface area contributed by atoms with Crippen LogP contribution >= 0.6 is 0 Å². The maximum Gasteiger partial charge on any atom is 0.275 e. The van der Waals surface area contributed by atoms with Gasteiger partial charge in [0, 0.05) is 38.1 Å². The number of hydrogen-bond donors (Lipinski definition) is 2. The third-order valence-corrected chi connectivity index (χ3v) is 5.68. The quantitative estimate of drug-likeness (QED) is 0.657. The number of amides is 2. The minimum absolute atomic E-state index is 0.0293. The summed E-state index contributed by atoms with van der Waals surface area (Å²) in [6.45, 7) is 5.63. The summed E-state index contributed by atoms with van der Waals surface area (Å²) in [5, 5.41) is 11.0. The molecule has 0 spiro atoms. The summed E-state index contributed by atoms with van der Waals surface area (Å²) >= 11 is 0. The number of rotatable bonds is 6. The SMILES string of the molecule is Cc1ccccc1CCNC(=O)CN1CCN(C(=O)c2n[nH]c3ccccc23)CC1. The molecule has 1 aliphatic rings. The van der Waals surface area contributed by atoms with Gasteiger partial charge >= 0.3 is 0 Å². The lowest BCUT2D eigenvalue weighted by Crippen LogP contribution is -2.51. The molecule has 2 N–H and O–H groups in total. The van der Waals surface area contributed by atoms with E-state index in [2.05, 4.69) is 39.5 Å². The lowest BCUT2D eigenvalue weighted by atomic mass is 10.1. The maximum atomic E-state index is 12.9. The predicted octanol–water partition coefficient (Wildman–Crippen LogP) is 1.99. The lowest BCUT2D eigenvalue weighted by molar-refractivity contribution is -0.122. The first-order valence-corrected chi connectivity index (χ1v) is 10.4. The minimum Gasteiger partial charge on any atom is -0.355 e. The second kappa shape index (κ2) is 9.09. The van der Waals surface area contributed by atoms with Gasteiger partial charge in [-0.2, -0.15) is 5.10 Å². The molecule has 4 rings (SSSR count). The molecule has 0 aliphatic carbocycles. The summed E-state index contributed by atoms with van der Waals surface area (Å²) < 4.78 is 0. The van der Waals surface area contributed by atoms with Gasteiger partial charge < -0.3 is 10.2 Å². The van der Waals surface area contributed by atoms with Crippen molar-refractivity contribution in [1.29, 1.82) is 0 Å². The zero-order valence-electron chi connectivity index (χ0n) is 17.2. The van der Waals surface area contributed by atoms with E-state index in [1.165, 1.54) is 11.1 Å². The lowest BCUT2D eigenvalue weighted by Gasteiger charge is -2.34. The monoisotopic (exact) mass is 405 g/mol. The molecule has 2 amide bonds. The summed E-state index contributed by atoms with van der Waals surface area (Å²) in [4.78, 5) is 29.0. The second-order valence-corrected chi connectivity index (χ2v) is 7.71. The summed E-state index contributed by atoms with van der Waals surface area (Å²) in [6.07, 6.45) is 0.832. The van der Waals surface area contributed by atoms with Crippen molar-refractivity contribution < 1.29 is 9.59 Å². The fraction of sp³-hybridized carbons (Fsp3) is 0.348. The highest BCUT2D eigenvalue weighted by molar-refractivity contribution is 6.04. The average molecular weight is 406 g/mol. The number of carbonyl (C=O) groups is 2. The van der Waals surface area contributed by atoms with Crippen molar-refractivity contribution in [2.45, 2.75) is 13.3 Å². The summed E-state index contributed by atoms with van der Waals surface area (Å²) in [6, 6.07) is 15.9. The molecule has 7 heteroatoms. The molecular weight excluding hydrogens is 378 g/mol. The van der Waals surface area contributed by atoms with Gasteiger partial charge in [0.25, 0.3) is 5.91 Å². The number of carbonyl (C=O) groups excluding carboxylic acids is 2. The van der Waals surface area contributed by atoms with Crippen LogP contribution in [0, 0.1) is 6.92 Å². The fourth-order valence-electron chi connectivity index (χ4n) is 3.87. The van der Waals surface area contributed by atoms with E-state index in [4.69, 9.17) is 0 Å². The largest absolute Gasteiger partial charge is 0.355 e. The Balaban J connectivity index is 1.23. The first-order chi connectivity index (χ1) is 14.6. The van der Waals surface area contributed by atoms with Gasteiger partial charge in [0.05, 0.1) is 12.1 Å². The van der Waals surface area contributed by atoms with Crippen LogP contribution in [0.3, 0.4) is 0 Å². The molecule has 0 bridgehead atoms. The Labute approximate surface area is 176 Å². The van der Waals surface area contributed by atoms with Crippen LogP contribution in [0.1, 0.15) is 21.6 Å². The molecule has 0 unspecified atom stereocenters. The Morgan fingerprint density at radius 1 is 1.03 bits per heavy atom. The fourth-order valence-corrected chi connectivity index (χ4v) is 3.87. The van der Waals surface area contributed by atoms with E-state index in [0.717, 1.165) is 17.3 Å². The molecule has 156 valence electrons. The Bertz CT molecular complexity index is 1040. The van der Waals surface area contributed by atoms with Crippen LogP contribution in [0.15, 0.2) is 48.5 Å². The van der Waals surface area contributed by atoms with Crippen molar-refractivity contribution in [2.75, 3.05) is 39.3 Å². The standard InChI is InChI=1S/C23H27N5O2/c1-17-6-2-3-7-18(17)10-11-24-21(29)16-27-12-14-28(15-13-27)23(30)22-19-8-4-5-9-20(19)25-26-22/h2-9H,10-16H2,1H3,(H,24,29)(H,25,26). The highest BCUT2D eigenvalue weighted by atomic mass is 16.2. The van der Waals surface area contributed by atoms with Crippen molar-refractivity contribution >= 4 is 22.7 Å². The Hall–Kier alpha value is -3.19. The van der Waals surface area contributed by atoms with E-state index >= 15 is 0 Å². The van der Waals surface area contributed by atoms with Crippen molar-refractivity contribution in [3.63, 3.8) is 0 Å². The zero-order chi connectivity index (χ0) is 20.9. The Morgan fingerprint density at radius 3 is 2.57 bits per heavy atom. The van der Waals surface area contributed by atoms with Crippen molar-refractivity contribution in [3.8, 4) is 0 Å². The number of benzene rings is 2. The first kappa shape index (κ1) is 20.1. The summed E-state index contributed by atoms with van der Waals surface area (Å²) in [5.74, 6) is -0.0311. The number of nitrogens with zero attached hydrogens (tertiary/aromatic N) is 3. The molecule has 0 saturated carbocycles. The number of fused-ring (bicyclic) bond motifs is 1. The van der Waals surface area contributed by atoms with E-state index in [0.29, 0.717) is 45.0 Å². The smallest absolute Gasteiger partial charge is 0.275 e. The molecule has 1 saturated heterocycles. The van der Waals surface area contributed by atoms with Gasteiger partial charge in [-0.3, -0.25) is 19.6 Å². The third kappa shape index (κ3) is 4.52. The molecule has 3 aromatic rings. The normalized spacial score (nSPS) is 14.8. The molecule has 7 nitrogen and oxygen atoms in total. The molecule has 1 fully saturated rings. The molecule has 1 aromatic heterocycles. The summed E-state index contributed by atoms with van der Waals surface area (Å²) in [7, 11) is 0. The van der Waals surface area contributed by atoms with Gasteiger partial charge in [0.2, 0.25) is 5.91 Å². The number of nitrogens with one attached hydrogen (secondary N) is 2. The van der Waals surface area contributed by atoms with E-state index in [1.54, 1.807) is 0 Å². The number of piperazine rings is 1. The number of aromatic amines is 1. The number of aromatic nitrogens is 2. The number of aryl methyl sites for hydroxylation is 1. The zero-order valence-corrected chi connectivity index (χ0v) is 17.2. The maximum absolute atomic E-state index is 12.9. The second-order valence-electron chi connectivity index (χ2n) is 7.71. The van der Waals surface area contributed by atoms with Gasteiger partial charge in [-0.1, -0.05) is 42.5 Å². The molecule has 0 radical (unpaired) electrons.